The Morgan fingerprint density at radius 2 is 1.50 bits per heavy atom. The highest BCUT2D eigenvalue weighted by atomic mass is 16.5. The molecular formula is C35H36N2O5. The fourth-order valence-corrected chi connectivity index (χ4v) is 5.86. The van der Waals surface area contributed by atoms with E-state index < -0.39 is 0 Å². The second-order valence-corrected chi connectivity index (χ2v) is 10.4. The average Bonchev–Trinajstić information content (AvgIpc) is 3.25. The summed E-state index contributed by atoms with van der Waals surface area (Å²) in [6, 6.07) is 27.5. The summed E-state index contributed by atoms with van der Waals surface area (Å²) in [6.45, 7) is 2.02. The van der Waals surface area contributed by atoms with E-state index in [0.717, 1.165) is 33.4 Å². The van der Waals surface area contributed by atoms with Gasteiger partial charge in [0, 0.05) is 24.9 Å². The van der Waals surface area contributed by atoms with Crippen molar-refractivity contribution in [3.05, 3.63) is 117 Å². The van der Waals surface area contributed by atoms with Crippen LogP contribution in [-0.2, 0) is 11.2 Å². The van der Waals surface area contributed by atoms with Crippen LogP contribution in [0.1, 0.15) is 47.6 Å². The first-order valence-electron chi connectivity index (χ1n) is 14.1. The van der Waals surface area contributed by atoms with E-state index in [2.05, 4.69) is 34.9 Å². The summed E-state index contributed by atoms with van der Waals surface area (Å²) >= 11 is 0. The van der Waals surface area contributed by atoms with Gasteiger partial charge in [-0.25, -0.2) is 0 Å². The number of hydrogen-bond donors (Lipinski definition) is 2. The normalized spacial score (nSPS) is 13.8. The molecule has 1 aliphatic carbocycles. The first kappa shape index (κ1) is 28.7. The maximum atomic E-state index is 13.8. The molecule has 2 N–H and O–H groups in total. The van der Waals surface area contributed by atoms with Crippen molar-refractivity contribution in [1.82, 2.24) is 5.32 Å². The van der Waals surface area contributed by atoms with Gasteiger partial charge < -0.3 is 24.8 Å². The van der Waals surface area contributed by atoms with E-state index in [1.54, 1.807) is 27.4 Å². The molecule has 0 fully saturated rings. The number of nitrogens with one attached hydrogen (secondary N) is 2. The molecule has 42 heavy (non-hydrogen) atoms. The van der Waals surface area contributed by atoms with Gasteiger partial charge in [-0.3, -0.25) is 9.59 Å². The van der Waals surface area contributed by atoms with Crippen LogP contribution < -0.4 is 30.3 Å². The predicted octanol–water partition coefficient (Wildman–Crippen LogP) is 6.11. The third kappa shape index (κ3) is 5.81. The Kier molecular flexibility index (Phi) is 8.77. The Bertz CT molecular complexity index is 1580. The molecule has 0 spiro atoms. The van der Waals surface area contributed by atoms with Crippen LogP contribution in [0.5, 0.6) is 17.2 Å². The van der Waals surface area contributed by atoms with Gasteiger partial charge in [0.25, 0.3) is 0 Å². The average molecular weight is 565 g/mol. The molecule has 0 radical (unpaired) electrons. The van der Waals surface area contributed by atoms with Crippen LogP contribution in [0.2, 0.25) is 0 Å². The number of fused-ring (bicyclic) bond motifs is 3. The molecule has 216 valence electrons. The van der Waals surface area contributed by atoms with Gasteiger partial charge in [0.05, 0.1) is 33.1 Å². The molecule has 1 amide bonds. The smallest absolute Gasteiger partial charge is 0.217 e. The number of aryl methyl sites for hydroxylation is 1. The molecule has 1 atom stereocenters. The number of methoxy groups -OCH3 is 3. The molecule has 0 unspecified atom stereocenters. The Hall–Kier alpha value is -4.78. The highest BCUT2D eigenvalue weighted by Gasteiger charge is 2.29. The number of anilines is 1. The van der Waals surface area contributed by atoms with Crippen LogP contribution >= 0.6 is 0 Å². The first-order chi connectivity index (χ1) is 20.4. The quantitative estimate of drug-likeness (QED) is 0.255. The van der Waals surface area contributed by atoms with Gasteiger partial charge in [-0.2, -0.15) is 0 Å². The fourth-order valence-electron chi connectivity index (χ4n) is 5.86. The summed E-state index contributed by atoms with van der Waals surface area (Å²) in [6.07, 6.45) is 1.25. The maximum absolute atomic E-state index is 13.8. The minimum atomic E-state index is -0.360. The topological polar surface area (TPSA) is 85.9 Å². The van der Waals surface area contributed by atoms with E-state index in [1.807, 2.05) is 54.6 Å². The van der Waals surface area contributed by atoms with Crippen LogP contribution in [-0.4, -0.2) is 33.8 Å². The molecule has 4 aromatic rings. The lowest BCUT2D eigenvalue weighted by atomic mass is 9.91. The van der Waals surface area contributed by atoms with Crippen LogP contribution in [0.4, 0.5) is 5.69 Å². The van der Waals surface area contributed by atoms with Crippen molar-refractivity contribution in [3.63, 3.8) is 0 Å². The highest BCUT2D eigenvalue weighted by Crippen LogP contribution is 2.50. The van der Waals surface area contributed by atoms with E-state index in [0.29, 0.717) is 42.3 Å². The summed E-state index contributed by atoms with van der Waals surface area (Å²) in [5, 5.41) is 6.50. The van der Waals surface area contributed by atoms with Crippen molar-refractivity contribution in [2.75, 3.05) is 33.2 Å². The van der Waals surface area contributed by atoms with Crippen LogP contribution in [0.15, 0.2) is 89.7 Å². The standard InChI is InChI=1S/C35H36N2O5/c1-22(38)37-29-17-15-25-19-32(40-2)34(41-3)35(42-4)33(25)26-16-18-30(31(39)20-27(26)29)36-21-28(23-11-7-5-8-12-23)24-13-9-6-10-14-24/h5-14,16,18-20,28-29H,15,17,21H2,1-4H3,(H,36,39)(H,37,38)/t29-/m0/s1. The van der Waals surface area contributed by atoms with E-state index in [-0.39, 0.29) is 23.3 Å². The summed E-state index contributed by atoms with van der Waals surface area (Å²) in [4.78, 5) is 26.0. The van der Waals surface area contributed by atoms with Crippen molar-refractivity contribution in [2.24, 2.45) is 0 Å². The molecule has 7 heteroatoms. The third-order valence-corrected chi connectivity index (χ3v) is 7.82. The Morgan fingerprint density at radius 1 is 0.857 bits per heavy atom. The van der Waals surface area contributed by atoms with Gasteiger partial charge >= 0.3 is 0 Å². The number of benzene rings is 3. The van der Waals surface area contributed by atoms with Crippen LogP contribution in [0, 0.1) is 0 Å². The molecule has 0 saturated heterocycles. The zero-order valence-electron chi connectivity index (χ0n) is 24.4. The summed E-state index contributed by atoms with van der Waals surface area (Å²) in [5.41, 5.74) is 5.97. The fraction of sp³-hybridized carbons (Fsp3) is 0.257. The maximum Gasteiger partial charge on any atom is 0.217 e. The van der Waals surface area contributed by atoms with E-state index in [9.17, 15) is 9.59 Å². The molecule has 1 aliphatic rings. The van der Waals surface area contributed by atoms with E-state index in [1.165, 1.54) is 6.92 Å². The number of amides is 1. The lowest BCUT2D eigenvalue weighted by molar-refractivity contribution is -0.119. The van der Waals surface area contributed by atoms with Crippen molar-refractivity contribution in [3.8, 4) is 28.4 Å². The first-order valence-corrected chi connectivity index (χ1v) is 14.1. The van der Waals surface area contributed by atoms with Gasteiger partial charge in [-0.1, -0.05) is 66.7 Å². The summed E-state index contributed by atoms with van der Waals surface area (Å²) in [5.74, 6) is 1.44. The Morgan fingerprint density at radius 3 is 2.07 bits per heavy atom. The number of rotatable bonds is 9. The summed E-state index contributed by atoms with van der Waals surface area (Å²) < 4.78 is 17.2. The van der Waals surface area contributed by atoms with Crippen molar-refractivity contribution < 1.29 is 19.0 Å². The van der Waals surface area contributed by atoms with Gasteiger partial charge in [0.2, 0.25) is 17.1 Å². The van der Waals surface area contributed by atoms with Gasteiger partial charge in [0.15, 0.2) is 11.5 Å². The number of carbonyl (C=O) groups is 1. The minimum Gasteiger partial charge on any atom is -0.493 e. The van der Waals surface area contributed by atoms with Crippen molar-refractivity contribution in [2.45, 2.75) is 31.7 Å². The van der Waals surface area contributed by atoms with Crippen molar-refractivity contribution in [1.29, 1.82) is 0 Å². The van der Waals surface area contributed by atoms with E-state index in [4.69, 9.17) is 14.2 Å². The molecular weight excluding hydrogens is 528 g/mol. The molecule has 0 aliphatic heterocycles. The lowest BCUT2D eigenvalue weighted by Gasteiger charge is -2.19. The number of hydrogen-bond acceptors (Lipinski definition) is 6. The Labute approximate surface area is 246 Å². The molecule has 5 rings (SSSR count). The third-order valence-electron chi connectivity index (χ3n) is 7.82. The Balaban J connectivity index is 1.62. The second-order valence-electron chi connectivity index (χ2n) is 10.4. The van der Waals surface area contributed by atoms with Crippen LogP contribution in [0.3, 0.4) is 0 Å². The molecule has 7 nitrogen and oxygen atoms in total. The monoisotopic (exact) mass is 564 g/mol. The van der Waals surface area contributed by atoms with Crippen molar-refractivity contribution >= 4 is 11.6 Å². The molecule has 0 heterocycles. The lowest BCUT2D eigenvalue weighted by Crippen LogP contribution is -2.26. The van der Waals surface area contributed by atoms with Gasteiger partial charge in [0.1, 0.15) is 0 Å². The SMILES string of the molecule is COc1cc2c(c(OC)c1OC)-c1ccc(NCC(c3ccccc3)c3ccccc3)c(=O)cc1[C@@H](NC(C)=O)CC2. The van der Waals surface area contributed by atoms with Crippen LogP contribution in [0.25, 0.3) is 11.1 Å². The zero-order chi connectivity index (χ0) is 29.6. The predicted molar refractivity (Wildman–Crippen MR) is 166 cm³/mol. The second kappa shape index (κ2) is 12.8. The van der Waals surface area contributed by atoms with Gasteiger partial charge in [-0.05, 0) is 58.9 Å². The molecule has 0 bridgehead atoms. The largest absolute Gasteiger partial charge is 0.493 e. The summed E-state index contributed by atoms with van der Waals surface area (Å²) in [7, 11) is 4.76. The molecule has 4 aromatic carbocycles. The van der Waals surface area contributed by atoms with Gasteiger partial charge in [-0.15, -0.1) is 0 Å². The number of ether oxygens (including phenoxy) is 3. The highest BCUT2D eigenvalue weighted by molar-refractivity contribution is 5.83. The molecule has 0 saturated carbocycles. The van der Waals surface area contributed by atoms with E-state index >= 15 is 0 Å². The zero-order valence-corrected chi connectivity index (χ0v) is 24.4. The minimum absolute atomic E-state index is 0.0415. The molecule has 0 aromatic heterocycles. The number of carbonyl (C=O) groups excluding carboxylic acids is 1.